The van der Waals surface area contributed by atoms with Crippen molar-refractivity contribution in [2.45, 2.75) is 64.1 Å². The zero-order valence-corrected chi connectivity index (χ0v) is 19.9. The van der Waals surface area contributed by atoms with Gasteiger partial charge in [0.05, 0.1) is 16.7 Å². The largest absolute Gasteiger partial charge is 0.362 e. The van der Waals surface area contributed by atoms with Gasteiger partial charge in [-0.3, -0.25) is 9.48 Å². The van der Waals surface area contributed by atoms with E-state index in [1.165, 1.54) is 0 Å². The van der Waals surface area contributed by atoms with Crippen molar-refractivity contribution < 1.29 is 13.6 Å². The van der Waals surface area contributed by atoms with Gasteiger partial charge in [-0.25, -0.2) is 8.78 Å². The Kier molecular flexibility index (Phi) is 5.00. The number of azo groups is 1. The molecule has 0 spiro atoms. The summed E-state index contributed by atoms with van der Waals surface area (Å²) in [5.41, 5.74) is 3.16. The van der Waals surface area contributed by atoms with Crippen LogP contribution >= 0.6 is 0 Å². The Hall–Kier alpha value is -3.36. The average molecular weight is 467 g/mol. The van der Waals surface area contributed by atoms with Crippen LogP contribution in [-0.4, -0.2) is 33.8 Å². The van der Waals surface area contributed by atoms with Crippen LogP contribution in [0.5, 0.6) is 0 Å². The van der Waals surface area contributed by atoms with Gasteiger partial charge in [-0.1, -0.05) is 25.1 Å². The molecule has 2 aromatic rings. The van der Waals surface area contributed by atoms with Gasteiger partial charge in [-0.15, -0.1) is 0 Å². The molecule has 0 saturated heterocycles. The summed E-state index contributed by atoms with van der Waals surface area (Å²) in [5, 5.41) is 18.8. The lowest BCUT2D eigenvalue weighted by Crippen LogP contribution is -2.58. The molecule has 2 unspecified atom stereocenters. The summed E-state index contributed by atoms with van der Waals surface area (Å²) in [6, 6.07) is 7.78. The minimum atomic E-state index is -2.80. The summed E-state index contributed by atoms with van der Waals surface area (Å²) < 4.78 is 30.1. The van der Waals surface area contributed by atoms with Crippen LogP contribution in [0.2, 0.25) is 0 Å². The molecule has 178 valence electrons. The van der Waals surface area contributed by atoms with Crippen LogP contribution in [-0.2, 0) is 17.3 Å². The van der Waals surface area contributed by atoms with Crippen molar-refractivity contribution in [1.82, 2.24) is 20.4 Å². The first kappa shape index (κ1) is 22.4. The van der Waals surface area contributed by atoms with Crippen LogP contribution in [0.3, 0.4) is 0 Å². The Balaban J connectivity index is 1.81. The number of fused-ring (bicyclic) bond motifs is 1. The number of carbonyl (C=O) groups is 1. The Morgan fingerprint density at radius 3 is 2.71 bits per heavy atom. The second-order valence-electron chi connectivity index (χ2n) is 9.87. The van der Waals surface area contributed by atoms with Crippen molar-refractivity contribution in [1.29, 1.82) is 0 Å². The maximum atomic E-state index is 14.2. The highest BCUT2D eigenvalue weighted by molar-refractivity contribution is 6.00. The first-order valence-electron chi connectivity index (χ1n) is 11.4. The number of carbonyl (C=O) groups excluding carboxylic acids is 1. The zero-order valence-electron chi connectivity index (χ0n) is 19.9. The van der Waals surface area contributed by atoms with E-state index in [1.807, 2.05) is 65.2 Å². The smallest absolute Gasteiger partial charge is 0.282 e. The summed E-state index contributed by atoms with van der Waals surface area (Å²) in [7, 11) is 1.86. The van der Waals surface area contributed by atoms with Crippen LogP contribution in [0.15, 0.2) is 63.2 Å². The second kappa shape index (κ2) is 7.58. The highest BCUT2D eigenvalue weighted by atomic mass is 19.3. The fourth-order valence-corrected chi connectivity index (χ4v) is 5.75. The van der Waals surface area contributed by atoms with Gasteiger partial charge in [0.2, 0.25) is 0 Å². The van der Waals surface area contributed by atoms with Gasteiger partial charge in [-0.2, -0.15) is 15.3 Å². The third-order valence-corrected chi connectivity index (χ3v) is 7.04. The standard InChI is InChI=1S/C25H28F2N6O/c1-6-25(15-9-7-8-14(10-15)16-12-33(5)32-13(16)2)18-17(11-24(3,4)29-23(18)34)28-22-19(25)20(21(26)27)30-31-22/h7-10,12,21-22,28H,6,11H2,1-5H3,(H,29,34). The number of halogens is 2. The predicted molar refractivity (Wildman–Crippen MR) is 124 cm³/mol. The van der Waals surface area contributed by atoms with Crippen molar-refractivity contribution in [3.05, 3.63) is 64.3 Å². The topological polar surface area (TPSA) is 83.7 Å². The number of amides is 1. The summed E-state index contributed by atoms with van der Waals surface area (Å²) >= 11 is 0. The van der Waals surface area contributed by atoms with E-state index < -0.39 is 23.5 Å². The third kappa shape index (κ3) is 3.20. The zero-order chi connectivity index (χ0) is 24.4. The molecule has 9 heteroatoms. The van der Waals surface area contributed by atoms with E-state index in [0.29, 0.717) is 24.0 Å². The van der Waals surface area contributed by atoms with E-state index in [1.54, 1.807) is 4.68 Å². The van der Waals surface area contributed by atoms with Crippen LogP contribution in [0, 0.1) is 6.92 Å². The molecule has 0 bridgehead atoms. The van der Waals surface area contributed by atoms with Crippen molar-refractivity contribution in [2.75, 3.05) is 0 Å². The monoisotopic (exact) mass is 466 g/mol. The lowest BCUT2D eigenvalue weighted by atomic mass is 9.61. The molecule has 0 radical (unpaired) electrons. The minimum Gasteiger partial charge on any atom is -0.362 e. The first-order valence-corrected chi connectivity index (χ1v) is 11.4. The normalized spacial score (nSPS) is 25.4. The number of nitrogens with one attached hydrogen (secondary N) is 2. The quantitative estimate of drug-likeness (QED) is 0.696. The Bertz CT molecular complexity index is 1290. The lowest BCUT2D eigenvalue weighted by molar-refractivity contribution is -0.120. The van der Waals surface area contributed by atoms with Crippen molar-refractivity contribution in [3.63, 3.8) is 0 Å². The molecular formula is C25H28F2N6O. The summed E-state index contributed by atoms with van der Waals surface area (Å²) in [6.07, 6.45) is -0.647. The number of hydrogen-bond acceptors (Lipinski definition) is 5. The van der Waals surface area contributed by atoms with E-state index in [-0.39, 0.29) is 11.6 Å². The number of hydrogen-bond donors (Lipinski definition) is 2. The molecule has 0 aliphatic carbocycles. The number of alkyl halides is 2. The van der Waals surface area contributed by atoms with Gasteiger partial charge >= 0.3 is 0 Å². The van der Waals surface area contributed by atoms with Crippen molar-refractivity contribution in [2.24, 2.45) is 17.3 Å². The van der Waals surface area contributed by atoms with Crippen LogP contribution in [0.1, 0.15) is 44.9 Å². The Morgan fingerprint density at radius 2 is 2.06 bits per heavy atom. The van der Waals surface area contributed by atoms with Gasteiger partial charge in [0.25, 0.3) is 12.3 Å². The fraction of sp³-hybridized carbons (Fsp3) is 0.440. The maximum absolute atomic E-state index is 14.2. The van der Waals surface area contributed by atoms with E-state index >= 15 is 0 Å². The number of aromatic nitrogens is 2. The summed E-state index contributed by atoms with van der Waals surface area (Å²) in [4.78, 5) is 13.6. The van der Waals surface area contributed by atoms with E-state index in [2.05, 4.69) is 26.0 Å². The average Bonchev–Trinajstić information content (AvgIpc) is 3.34. The molecule has 4 heterocycles. The SMILES string of the molecule is CCC1(c2cccc(-c3cn(C)nc3C)c2)C2=C(CC(C)(C)NC2=O)NC2N=NC(C(F)F)=C21. The molecule has 34 heavy (non-hydrogen) atoms. The number of nitrogens with zero attached hydrogens (tertiary/aromatic N) is 4. The molecule has 5 rings (SSSR count). The first-order chi connectivity index (χ1) is 16.1. The molecule has 7 nitrogen and oxygen atoms in total. The second-order valence-corrected chi connectivity index (χ2v) is 9.87. The number of aryl methyl sites for hydroxylation is 2. The third-order valence-electron chi connectivity index (χ3n) is 7.04. The maximum Gasteiger partial charge on any atom is 0.282 e. The molecule has 1 aromatic carbocycles. The summed E-state index contributed by atoms with van der Waals surface area (Å²) in [6.45, 7) is 7.75. The van der Waals surface area contributed by atoms with Crippen molar-refractivity contribution >= 4 is 5.91 Å². The lowest BCUT2D eigenvalue weighted by Gasteiger charge is -2.48. The molecule has 0 fully saturated rings. The number of allylic oxidation sites excluding steroid dienone is 1. The molecule has 1 amide bonds. The molecule has 3 aliphatic heterocycles. The van der Waals surface area contributed by atoms with Gasteiger partial charge in [0, 0.05) is 42.0 Å². The number of rotatable bonds is 4. The molecule has 2 atom stereocenters. The molecule has 2 N–H and O–H groups in total. The van der Waals surface area contributed by atoms with E-state index in [0.717, 1.165) is 28.1 Å². The van der Waals surface area contributed by atoms with Gasteiger partial charge < -0.3 is 10.6 Å². The van der Waals surface area contributed by atoms with Crippen LogP contribution in [0.25, 0.3) is 11.1 Å². The van der Waals surface area contributed by atoms with Gasteiger partial charge in [0.15, 0.2) is 6.17 Å². The number of benzene rings is 1. The van der Waals surface area contributed by atoms with Crippen LogP contribution < -0.4 is 10.6 Å². The van der Waals surface area contributed by atoms with Crippen LogP contribution in [0.4, 0.5) is 8.78 Å². The Labute approximate surface area is 197 Å². The predicted octanol–water partition coefficient (Wildman–Crippen LogP) is 4.51. The molecule has 3 aliphatic rings. The van der Waals surface area contributed by atoms with E-state index in [9.17, 15) is 13.6 Å². The highest BCUT2D eigenvalue weighted by Crippen LogP contribution is 2.53. The fourth-order valence-electron chi connectivity index (χ4n) is 5.75. The van der Waals surface area contributed by atoms with E-state index in [4.69, 9.17) is 0 Å². The van der Waals surface area contributed by atoms with Gasteiger partial charge in [-0.05, 0) is 44.4 Å². The Morgan fingerprint density at radius 1 is 1.29 bits per heavy atom. The van der Waals surface area contributed by atoms with Gasteiger partial charge in [0.1, 0.15) is 5.70 Å². The summed E-state index contributed by atoms with van der Waals surface area (Å²) in [5.74, 6) is -0.255. The minimum absolute atomic E-state index is 0.255. The highest BCUT2D eigenvalue weighted by Gasteiger charge is 2.55. The molecule has 1 aromatic heterocycles. The molecule has 0 saturated carbocycles. The van der Waals surface area contributed by atoms with Crippen molar-refractivity contribution in [3.8, 4) is 11.1 Å². The molecular weight excluding hydrogens is 438 g/mol.